The molecule has 1 aliphatic heterocycles. The number of piperidine rings is 1. The van der Waals surface area contributed by atoms with Crippen LogP contribution in [0.4, 0.5) is 0 Å². The zero-order valence-electron chi connectivity index (χ0n) is 17.9. The monoisotopic (exact) mass is 479 g/mol. The average Bonchev–Trinajstić information content (AvgIpc) is 2.77. The summed E-state index contributed by atoms with van der Waals surface area (Å²) in [5.74, 6) is -0.904. The number of hydrogen-bond donors (Lipinski definition) is 2. The van der Waals surface area contributed by atoms with Gasteiger partial charge in [0.15, 0.2) is 6.61 Å². The number of nitrogens with one attached hydrogen (secondary N) is 2. The van der Waals surface area contributed by atoms with E-state index >= 15 is 0 Å². The Morgan fingerprint density at radius 2 is 1.75 bits per heavy atom. The molecule has 8 nitrogen and oxygen atoms in total. The number of nitrogens with zero attached hydrogens (tertiary/aromatic N) is 1. The molecule has 32 heavy (non-hydrogen) atoms. The molecule has 1 fully saturated rings. The van der Waals surface area contributed by atoms with Gasteiger partial charge in [-0.3, -0.25) is 20.4 Å². The summed E-state index contributed by atoms with van der Waals surface area (Å²) in [5, 5.41) is 0.442. The lowest BCUT2D eigenvalue weighted by Gasteiger charge is -2.31. The number of benzene rings is 2. The number of carbonyl (C=O) groups is 2. The summed E-state index contributed by atoms with van der Waals surface area (Å²) in [6, 6.07) is 11.6. The number of carbonyl (C=O) groups excluding carboxylic acids is 2. The molecule has 1 atom stereocenters. The highest BCUT2D eigenvalue weighted by molar-refractivity contribution is 7.89. The summed E-state index contributed by atoms with van der Waals surface area (Å²) in [7, 11) is -3.74. The van der Waals surface area contributed by atoms with Crippen molar-refractivity contribution in [1.82, 2.24) is 15.2 Å². The van der Waals surface area contributed by atoms with Crippen LogP contribution in [-0.2, 0) is 19.6 Å². The van der Waals surface area contributed by atoms with Gasteiger partial charge in [-0.15, -0.1) is 0 Å². The van der Waals surface area contributed by atoms with Crippen molar-refractivity contribution in [3.63, 3.8) is 0 Å². The van der Waals surface area contributed by atoms with E-state index < -0.39 is 27.8 Å². The minimum Gasteiger partial charge on any atom is -0.483 e. The van der Waals surface area contributed by atoms with Crippen LogP contribution in [0, 0.1) is 19.8 Å². The average molecular weight is 480 g/mol. The number of hydrazine groups is 1. The van der Waals surface area contributed by atoms with Crippen molar-refractivity contribution >= 4 is 33.4 Å². The van der Waals surface area contributed by atoms with E-state index in [2.05, 4.69) is 10.9 Å². The predicted octanol–water partition coefficient (Wildman–Crippen LogP) is 2.58. The summed E-state index contributed by atoms with van der Waals surface area (Å²) in [6.07, 6.45) is 1.06. The highest BCUT2D eigenvalue weighted by Gasteiger charge is 2.33. The Hall–Kier alpha value is -2.62. The molecule has 1 aliphatic rings. The van der Waals surface area contributed by atoms with Crippen molar-refractivity contribution in [3.8, 4) is 5.75 Å². The maximum Gasteiger partial charge on any atom is 0.276 e. The maximum atomic E-state index is 12.9. The van der Waals surface area contributed by atoms with Gasteiger partial charge in [-0.1, -0.05) is 29.8 Å². The summed E-state index contributed by atoms with van der Waals surface area (Å²) >= 11 is 5.84. The Bertz CT molecular complexity index is 1070. The van der Waals surface area contributed by atoms with Crippen molar-refractivity contribution < 1.29 is 22.7 Å². The molecule has 2 aromatic rings. The zero-order chi connectivity index (χ0) is 23.3. The molecule has 0 bridgehead atoms. The Kier molecular flexibility index (Phi) is 7.76. The van der Waals surface area contributed by atoms with E-state index in [1.54, 1.807) is 0 Å². The second-order valence-electron chi connectivity index (χ2n) is 7.70. The van der Waals surface area contributed by atoms with Gasteiger partial charge in [0.25, 0.3) is 5.91 Å². The van der Waals surface area contributed by atoms with Crippen LogP contribution >= 0.6 is 11.6 Å². The molecule has 172 valence electrons. The molecule has 2 N–H and O–H groups in total. The number of para-hydroxylation sites is 1. The minimum absolute atomic E-state index is 0.0333. The molecule has 0 spiro atoms. The standard InChI is InChI=1S/C22H26ClN3O5S/c1-15-5-3-6-16(2)21(15)31-14-20(27)24-25-22(28)17-7-4-12-26(13-17)32(29,30)19-10-8-18(23)9-11-19/h3,5-6,8-11,17H,4,7,12-14H2,1-2H3,(H,24,27)(H,25,28). The van der Waals surface area contributed by atoms with Gasteiger partial charge in [-0.05, 0) is 62.1 Å². The first-order chi connectivity index (χ1) is 15.2. The Morgan fingerprint density at radius 1 is 1.09 bits per heavy atom. The van der Waals surface area contributed by atoms with Gasteiger partial charge in [0, 0.05) is 18.1 Å². The second kappa shape index (κ2) is 10.3. The number of amides is 2. The first kappa shape index (κ1) is 24.0. The summed E-state index contributed by atoms with van der Waals surface area (Å²) in [4.78, 5) is 24.8. The van der Waals surface area contributed by atoms with Crippen LogP contribution in [0.3, 0.4) is 0 Å². The molecule has 3 rings (SSSR count). The summed E-state index contributed by atoms with van der Waals surface area (Å²) < 4.78 is 32.6. The lowest BCUT2D eigenvalue weighted by Crippen LogP contribution is -2.50. The van der Waals surface area contributed by atoms with Crippen LogP contribution in [0.15, 0.2) is 47.4 Å². The van der Waals surface area contributed by atoms with Crippen molar-refractivity contribution in [1.29, 1.82) is 0 Å². The molecule has 1 heterocycles. The van der Waals surface area contributed by atoms with Crippen molar-refractivity contribution in [2.45, 2.75) is 31.6 Å². The highest BCUT2D eigenvalue weighted by atomic mass is 35.5. The smallest absolute Gasteiger partial charge is 0.276 e. The number of rotatable bonds is 6. The third-order valence-corrected chi connectivity index (χ3v) is 7.42. The van der Waals surface area contributed by atoms with E-state index in [-0.39, 0.29) is 18.0 Å². The minimum atomic E-state index is -3.74. The summed E-state index contributed by atoms with van der Waals surface area (Å²) in [5.41, 5.74) is 6.53. The van der Waals surface area contributed by atoms with E-state index in [1.165, 1.54) is 28.6 Å². The van der Waals surface area contributed by atoms with E-state index in [9.17, 15) is 18.0 Å². The van der Waals surface area contributed by atoms with Crippen LogP contribution in [-0.4, -0.2) is 44.2 Å². The second-order valence-corrected chi connectivity index (χ2v) is 10.1. The normalized spacial score (nSPS) is 16.9. The first-order valence-electron chi connectivity index (χ1n) is 10.2. The molecule has 0 aliphatic carbocycles. The largest absolute Gasteiger partial charge is 0.483 e. The fourth-order valence-electron chi connectivity index (χ4n) is 3.56. The highest BCUT2D eigenvalue weighted by Crippen LogP contribution is 2.25. The number of hydrogen-bond acceptors (Lipinski definition) is 5. The predicted molar refractivity (Wildman–Crippen MR) is 121 cm³/mol. The molecular weight excluding hydrogens is 454 g/mol. The van der Waals surface area contributed by atoms with Gasteiger partial charge in [0.05, 0.1) is 10.8 Å². The molecule has 2 aromatic carbocycles. The molecule has 2 amide bonds. The molecule has 0 saturated carbocycles. The fraction of sp³-hybridized carbons (Fsp3) is 0.364. The molecule has 1 saturated heterocycles. The van der Waals surface area contributed by atoms with E-state index in [0.29, 0.717) is 30.2 Å². The lowest BCUT2D eigenvalue weighted by atomic mass is 9.99. The molecule has 10 heteroatoms. The number of sulfonamides is 1. The molecule has 0 radical (unpaired) electrons. The van der Waals surface area contributed by atoms with Crippen molar-refractivity contribution in [2.24, 2.45) is 5.92 Å². The SMILES string of the molecule is Cc1cccc(C)c1OCC(=O)NNC(=O)C1CCCN(S(=O)(=O)c2ccc(Cl)cc2)C1. The third kappa shape index (κ3) is 5.79. The fourth-order valence-corrected chi connectivity index (χ4v) is 5.21. The molecular formula is C22H26ClN3O5S. The number of aryl methyl sites for hydroxylation is 2. The number of ether oxygens (including phenoxy) is 1. The number of halogens is 1. The Labute approximate surface area is 192 Å². The van der Waals surface area contributed by atoms with Crippen LogP contribution in [0.25, 0.3) is 0 Å². The van der Waals surface area contributed by atoms with Crippen LogP contribution in [0.1, 0.15) is 24.0 Å². The van der Waals surface area contributed by atoms with Gasteiger partial charge in [0.2, 0.25) is 15.9 Å². The lowest BCUT2D eigenvalue weighted by molar-refractivity contribution is -0.132. The summed E-state index contributed by atoms with van der Waals surface area (Å²) in [6.45, 7) is 3.87. The topological polar surface area (TPSA) is 105 Å². The molecule has 0 aromatic heterocycles. The Balaban J connectivity index is 1.53. The van der Waals surface area contributed by atoms with E-state index in [4.69, 9.17) is 16.3 Å². The van der Waals surface area contributed by atoms with Gasteiger partial charge >= 0.3 is 0 Å². The van der Waals surface area contributed by atoms with E-state index in [1.807, 2.05) is 32.0 Å². The maximum absolute atomic E-state index is 12.9. The van der Waals surface area contributed by atoms with Crippen LogP contribution in [0.2, 0.25) is 5.02 Å². The Morgan fingerprint density at radius 3 is 2.41 bits per heavy atom. The van der Waals surface area contributed by atoms with Crippen molar-refractivity contribution in [2.75, 3.05) is 19.7 Å². The van der Waals surface area contributed by atoms with Gasteiger partial charge in [-0.2, -0.15) is 4.31 Å². The van der Waals surface area contributed by atoms with Gasteiger partial charge in [-0.25, -0.2) is 8.42 Å². The quantitative estimate of drug-likeness (QED) is 0.619. The molecule has 1 unspecified atom stereocenters. The van der Waals surface area contributed by atoms with Crippen molar-refractivity contribution in [3.05, 3.63) is 58.6 Å². The van der Waals surface area contributed by atoms with Crippen LogP contribution in [0.5, 0.6) is 5.75 Å². The van der Waals surface area contributed by atoms with Crippen LogP contribution < -0.4 is 15.6 Å². The van der Waals surface area contributed by atoms with Gasteiger partial charge < -0.3 is 4.74 Å². The third-order valence-electron chi connectivity index (χ3n) is 5.29. The zero-order valence-corrected chi connectivity index (χ0v) is 19.5. The van der Waals surface area contributed by atoms with Gasteiger partial charge in [0.1, 0.15) is 5.75 Å². The van der Waals surface area contributed by atoms with E-state index in [0.717, 1.165) is 11.1 Å². The first-order valence-corrected chi connectivity index (χ1v) is 12.0.